The van der Waals surface area contributed by atoms with Crippen molar-refractivity contribution < 1.29 is 9.13 Å². The number of nitrogens with zero attached hydrogens (tertiary/aromatic N) is 2. The third-order valence-electron chi connectivity index (χ3n) is 4.28. The van der Waals surface area contributed by atoms with Gasteiger partial charge in [-0.2, -0.15) is 0 Å². The largest absolute Gasteiger partial charge is 0.379 e. The Balaban J connectivity index is 1.70. The molecule has 0 bridgehead atoms. The first-order valence-electron chi connectivity index (χ1n) is 9.26. The van der Waals surface area contributed by atoms with Gasteiger partial charge in [-0.15, -0.1) is 0 Å². The summed E-state index contributed by atoms with van der Waals surface area (Å²) in [5.41, 5.74) is 1.68. The molecule has 0 radical (unpaired) electrons. The van der Waals surface area contributed by atoms with Gasteiger partial charge in [0, 0.05) is 26.2 Å². The van der Waals surface area contributed by atoms with E-state index < -0.39 is 0 Å². The Hall–Kier alpha value is -1.66. The molecule has 6 heteroatoms. The predicted octanol–water partition coefficient (Wildman–Crippen LogP) is 2.30. The molecule has 0 aliphatic carbocycles. The molecular formula is C19H31FN4O. The molecule has 1 aliphatic rings. The first-order chi connectivity index (χ1) is 12.2. The average Bonchev–Trinajstić information content (AvgIpc) is 2.63. The van der Waals surface area contributed by atoms with Gasteiger partial charge in [0.05, 0.1) is 19.8 Å². The zero-order valence-corrected chi connectivity index (χ0v) is 15.5. The zero-order chi connectivity index (χ0) is 17.9. The van der Waals surface area contributed by atoms with Gasteiger partial charge in [0.15, 0.2) is 5.96 Å². The number of halogens is 1. The number of hydrogen-bond donors (Lipinski definition) is 2. The van der Waals surface area contributed by atoms with E-state index in [9.17, 15) is 4.39 Å². The Morgan fingerprint density at radius 2 is 2.04 bits per heavy atom. The molecule has 0 atom stereocenters. The SMILES string of the molecule is CCNC(=NCc1ccc(F)c(C)c1)NCCCCN1CCOCC1. The fraction of sp³-hybridized carbons (Fsp3) is 0.632. The molecule has 1 fully saturated rings. The van der Waals surface area contributed by atoms with Crippen molar-refractivity contribution >= 4 is 5.96 Å². The summed E-state index contributed by atoms with van der Waals surface area (Å²) < 4.78 is 18.7. The number of guanidine groups is 1. The van der Waals surface area contributed by atoms with E-state index in [1.807, 2.05) is 6.07 Å². The highest BCUT2D eigenvalue weighted by molar-refractivity contribution is 5.79. The van der Waals surface area contributed by atoms with Crippen molar-refractivity contribution in [2.45, 2.75) is 33.2 Å². The minimum absolute atomic E-state index is 0.168. The zero-order valence-electron chi connectivity index (χ0n) is 15.5. The summed E-state index contributed by atoms with van der Waals surface area (Å²) in [6.07, 6.45) is 2.28. The van der Waals surface area contributed by atoms with E-state index in [0.717, 1.165) is 63.9 Å². The third kappa shape index (κ3) is 7.40. The number of ether oxygens (including phenoxy) is 1. The highest BCUT2D eigenvalue weighted by atomic mass is 19.1. The van der Waals surface area contributed by atoms with Crippen molar-refractivity contribution in [1.82, 2.24) is 15.5 Å². The van der Waals surface area contributed by atoms with E-state index in [2.05, 4.69) is 27.4 Å². The first kappa shape index (κ1) is 19.7. The van der Waals surface area contributed by atoms with Gasteiger partial charge in [-0.1, -0.05) is 12.1 Å². The predicted molar refractivity (Wildman–Crippen MR) is 100 cm³/mol. The van der Waals surface area contributed by atoms with Gasteiger partial charge in [0.25, 0.3) is 0 Å². The van der Waals surface area contributed by atoms with E-state index >= 15 is 0 Å². The molecule has 25 heavy (non-hydrogen) atoms. The molecule has 1 aliphatic heterocycles. The van der Waals surface area contributed by atoms with E-state index in [0.29, 0.717) is 12.1 Å². The van der Waals surface area contributed by atoms with Crippen LogP contribution in [0.5, 0.6) is 0 Å². The Bertz CT molecular complexity index is 544. The molecule has 1 heterocycles. The highest BCUT2D eigenvalue weighted by Crippen LogP contribution is 2.10. The quantitative estimate of drug-likeness (QED) is 0.429. The lowest BCUT2D eigenvalue weighted by atomic mass is 10.1. The maximum atomic E-state index is 13.3. The van der Waals surface area contributed by atoms with Crippen LogP contribution in [0.4, 0.5) is 4.39 Å². The second-order valence-electron chi connectivity index (χ2n) is 6.37. The molecule has 140 valence electrons. The van der Waals surface area contributed by atoms with Crippen LogP contribution in [-0.2, 0) is 11.3 Å². The van der Waals surface area contributed by atoms with Crippen LogP contribution in [0.1, 0.15) is 30.9 Å². The molecule has 0 saturated carbocycles. The fourth-order valence-electron chi connectivity index (χ4n) is 2.81. The normalized spacial score (nSPS) is 16.0. The summed E-state index contributed by atoms with van der Waals surface area (Å²) in [4.78, 5) is 7.05. The summed E-state index contributed by atoms with van der Waals surface area (Å²) in [5.74, 6) is 0.647. The van der Waals surface area contributed by atoms with Gasteiger partial charge in [-0.3, -0.25) is 4.90 Å². The van der Waals surface area contributed by atoms with Gasteiger partial charge >= 0.3 is 0 Å². The maximum Gasteiger partial charge on any atom is 0.191 e. The number of hydrogen-bond acceptors (Lipinski definition) is 3. The van der Waals surface area contributed by atoms with Crippen LogP contribution in [0.3, 0.4) is 0 Å². The topological polar surface area (TPSA) is 48.9 Å². The second kappa shape index (κ2) is 11.1. The van der Waals surface area contributed by atoms with Crippen LogP contribution in [0.25, 0.3) is 0 Å². The van der Waals surface area contributed by atoms with E-state index in [-0.39, 0.29) is 5.82 Å². The monoisotopic (exact) mass is 350 g/mol. The smallest absolute Gasteiger partial charge is 0.191 e. The lowest BCUT2D eigenvalue weighted by Crippen LogP contribution is -2.39. The molecule has 1 aromatic carbocycles. The molecule has 1 saturated heterocycles. The van der Waals surface area contributed by atoms with Crippen molar-refractivity contribution in [2.24, 2.45) is 4.99 Å². The van der Waals surface area contributed by atoms with Crippen molar-refractivity contribution in [3.05, 3.63) is 35.1 Å². The number of rotatable bonds is 8. The number of aliphatic imine (C=N–C) groups is 1. The summed E-state index contributed by atoms with van der Waals surface area (Å²) in [6.45, 7) is 11.1. The summed E-state index contributed by atoms with van der Waals surface area (Å²) in [7, 11) is 0. The van der Waals surface area contributed by atoms with Crippen LogP contribution in [0.15, 0.2) is 23.2 Å². The average molecular weight is 350 g/mol. The second-order valence-corrected chi connectivity index (χ2v) is 6.37. The molecule has 1 aromatic rings. The third-order valence-corrected chi connectivity index (χ3v) is 4.28. The van der Waals surface area contributed by atoms with Crippen LogP contribution in [0, 0.1) is 12.7 Å². The number of nitrogens with one attached hydrogen (secondary N) is 2. The van der Waals surface area contributed by atoms with Crippen LogP contribution >= 0.6 is 0 Å². The number of aryl methyl sites for hydroxylation is 1. The lowest BCUT2D eigenvalue weighted by molar-refractivity contribution is 0.0372. The fourth-order valence-corrected chi connectivity index (χ4v) is 2.81. The van der Waals surface area contributed by atoms with Crippen LogP contribution in [-0.4, -0.2) is 56.8 Å². The van der Waals surface area contributed by atoms with Crippen molar-refractivity contribution in [2.75, 3.05) is 45.9 Å². The van der Waals surface area contributed by atoms with Gasteiger partial charge in [0.2, 0.25) is 0 Å². The molecule has 0 aromatic heterocycles. The molecule has 2 N–H and O–H groups in total. The van der Waals surface area contributed by atoms with Gasteiger partial charge in [-0.05, 0) is 50.4 Å². The lowest BCUT2D eigenvalue weighted by Gasteiger charge is -2.26. The van der Waals surface area contributed by atoms with Crippen molar-refractivity contribution in [1.29, 1.82) is 0 Å². The van der Waals surface area contributed by atoms with E-state index in [1.54, 1.807) is 13.0 Å². The van der Waals surface area contributed by atoms with E-state index in [1.165, 1.54) is 12.5 Å². The van der Waals surface area contributed by atoms with Crippen molar-refractivity contribution in [3.8, 4) is 0 Å². The van der Waals surface area contributed by atoms with E-state index in [4.69, 9.17) is 4.74 Å². The first-order valence-corrected chi connectivity index (χ1v) is 9.26. The molecule has 0 unspecified atom stereocenters. The summed E-state index contributed by atoms with van der Waals surface area (Å²) >= 11 is 0. The molecule has 2 rings (SSSR count). The molecule has 5 nitrogen and oxygen atoms in total. The minimum Gasteiger partial charge on any atom is -0.379 e. The van der Waals surface area contributed by atoms with Gasteiger partial charge in [-0.25, -0.2) is 9.38 Å². The Kier molecular flexibility index (Phi) is 8.69. The Morgan fingerprint density at radius 3 is 2.76 bits per heavy atom. The van der Waals surface area contributed by atoms with Crippen LogP contribution in [0.2, 0.25) is 0 Å². The van der Waals surface area contributed by atoms with Gasteiger partial charge in [0.1, 0.15) is 5.82 Å². The summed E-state index contributed by atoms with van der Waals surface area (Å²) in [5, 5.41) is 6.63. The Morgan fingerprint density at radius 1 is 1.24 bits per heavy atom. The van der Waals surface area contributed by atoms with Crippen LogP contribution < -0.4 is 10.6 Å². The maximum absolute atomic E-state index is 13.3. The highest BCUT2D eigenvalue weighted by Gasteiger charge is 2.09. The molecular weight excluding hydrogens is 319 g/mol. The van der Waals surface area contributed by atoms with Crippen molar-refractivity contribution in [3.63, 3.8) is 0 Å². The number of benzene rings is 1. The van der Waals surface area contributed by atoms with Gasteiger partial charge < -0.3 is 15.4 Å². The molecule has 0 spiro atoms. The summed E-state index contributed by atoms with van der Waals surface area (Å²) in [6, 6.07) is 5.15. The minimum atomic E-state index is -0.168. The Labute approximate surface area is 150 Å². The molecule has 0 amide bonds. The number of morpholine rings is 1. The standard InChI is InChI=1S/C19H31FN4O/c1-3-21-19(23-15-17-6-7-18(20)16(2)14-17)22-8-4-5-9-24-10-12-25-13-11-24/h6-7,14H,3-5,8-13,15H2,1-2H3,(H2,21,22,23). The number of unbranched alkanes of at least 4 members (excludes halogenated alkanes) is 1.